The number of carbonyl (C=O) groups excluding carboxylic acids is 2. The van der Waals surface area contributed by atoms with Crippen molar-refractivity contribution < 1.29 is 19.5 Å². The average molecular weight is 263 g/mol. The van der Waals surface area contributed by atoms with Gasteiger partial charge in [0.25, 0.3) is 5.91 Å². The summed E-state index contributed by atoms with van der Waals surface area (Å²) in [6.07, 6.45) is 3.75. The molecule has 0 saturated heterocycles. The van der Waals surface area contributed by atoms with E-state index in [4.69, 9.17) is 5.11 Å². The Hall–Kier alpha value is -2.18. The molecule has 7 nitrogen and oxygen atoms in total. The Morgan fingerprint density at radius 2 is 2.05 bits per heavy atom. The van der Waals surface area contributed by atoms with Crippen molar-refractivity contribution in [2.75, 3.05) is 5.32 Å². The van der Waals surface area contributed by atoms with Gasteiger partial charge in [0.15, 0.2) is 5.69 Å². The van der Waals surface area contributed by atoms with E-state index < -0.39 is 17.8 Å². The molecule has 2 aliphatic rings. The summed E-state index contributed by atoms with van der Waals surface area (Å²) in [6, 6.07) is 1.20. The van der Waals surface area contributed by atoms with Crippen LogP contribution < -0.4 is 5.32 Å². The fourth-order valence-electron chi connectivity index (χ4n) is 2.90. The van der Waals surface area contributed by atoms with Crippen molar-refractivity contribution >= 4 is 23.6 Å². The number of aromatic carboxylic acids is 1. The molecular formula is C12H13N3O4. The first-order valence-corrected chi connectivity index (χ1v) is 6.26. The molecule has 3 rings (SSSR count). The number of aromatic nitrogens is 2. The van der Waals surface area contributed by atoms with Gasteiger partial charge in [0.2, 0.25) is 5.91 Å². The second-order valence-electron chi connectivity index (χ2n) is 4.98. The van der Waals surface area contributed by atoms with Gasteiger partial charge < -0.3 is 10.4 Å². The highest BCUT2D eigenvalue weighted by Gasteiger charge is 2.42. The van der Waals surface area contributed by atoms with Gasteiger partial charge in [-0.3, -0.25) is 9.59 Å². The molecule has 1 aromatic heterocycles. The molecule has 1 fully saturated rings. The Labute approximate surface area is 108 Å². The first-order valence-electron chi connectivity index (χ1n) is 6.26. The van der Waals surface area contributed by atoms with Crippen LogP contribution in [-0.4, -0.2) is 32.7 Å². The summed E-state index contributed by atoms with van der Waals surface area (Å²) < 4.78 is 1.01. The number of carboxylic acids is 1. The van der Waals surface area contributed by atoms with Crippen LogP contribution in [0.2, 0.25) is 0 Å². The second-order valence-corrected chi connectivity index (χ2v) is 4.98. The number of hydrogen-bond acceptors (Lipinski definition) is 4. The smallest absolute Gasteiger partial charge is 0.356 e. The standard InChI is InChI=1S/C12H13N3O4/c16-10-9(6-3-1-2-4-6)11(17)15-8(13-10)5-7(14-15)12(18)19/h5-6,9H,1-4H2,(H,13,16)(H,18,19). The van der Waals surface area contributed by atoms with Crippen molar-refractivity contribution in [1.29, 1.82) is 0 Å². The number of fused-ring (bicyclic) bond motifs is 1. The zero-order valence-electron chi connectivity index (χ0n) is 10.1. The molecule has 1 unspecified atom stereocenters. The molecule has 100 valence electrons. The number of rotatable bonds is 2. The third kappa shape index (κ3) is 1.81. The Morgan fingerprint density at radius 1 is 1.37 bits per heavy atom. The monoisotopic (exact) mass is 263 g/mol. The molecule has 0 radical (unpaired) electrons. The van der Waals surface area contributed by atoms with Crippen molar-refractivity contribution in [1.82, 2.24) is 9.78 Å². The van der Waals surface area contributed by atoms with Crippen LogP contribution in [0.25, 0.3) is 0 Å². The maximum absolute atomic E-state index is 12.3. The minimum absolute atomic E-state index is 0.0399. The van der Waals surface area contributed by atoms with Gasteiger partial charge in [-0.25, -0.2) is 4.79 Å². The third-order valence-corrected chi connectivity index (χ3v) is 3.81. The lowest BCUT2D eigenvalue weighted by Gasteiger charge is -2.25. The second kappa shape index (κ2) is 4.18. The molecule has 1 aliphatic carbocycles. The average Bonchev–Trinajstić information content (AvgIpc) is 2.97. The van der Waals surface area contributed by atoms with E-state index >= 15 is 0 Å². The van der Waals surface area contributed by atoms with Crippen LogP contribution in [0.4, 0.5) is 5.82 Å². The van der Waals surface area contributed by atoms with E-state index in [2.05, 4.69) is 10.4 Å². The number of amides is 1. The quantitative estimate of drug-likeness (QED) is 0.774. The summed E-state index contributed by atoms with van der Waals surface area (Å²) in [5.41, 5.74) is -0.240. The van der Waals surface area contributed by atoms with E-state index in [9.17, 15) is 14.4 Å². The normalized spacial score (nSPS) is 23.3. The number of hydrogen-bond donors (Lipinski definition) is 2. The van der Waals surface area contributed by atoms with Crippen molar-refractivity contribution in [3.05, 3.63) is 11.8 Å². The molecule has 1 aromatic rings. The highest BCUT2D eigenvalue weighted by molar-refractivity contribution is 6.12. The number of nitrogens with zero attached hydrogens (tertiary/aromatic N) is 2. The Kier molecular flexibility index (Phi) is 2.62. The van der Waals surface area contributed by atoms with Gasteiger partial charge in [0.1, 0.15) is 11.7 Å². The van der Waals surface area contributed by atoms with Gasteiger partial charge in [-0.2, -0.15) is 9.78 Å². The van der Waals surface area contributed by atoms with Gasteiger partial charge in [-0.05, 0) is 18.8 Å². The molecule has 1 amide bonds. The summed E-state index contributed by atoms with van der Waals surface area (Å²) >= 11 is 0. The lowest BCUT2D eigenvalue weighted by Crippen LogP contribution is -2.43. The van der Waals surface area contributed by atoms with E-state index in [0.717, 1.165) is 30.4 Å². The fourth-order valence-corrected chi connectivity index (χ4v) is 2.90. The van der Waals surface area contributed by atoms with Crippen molar-refractivity contribution in [2.24, 2.45) is 11.8 Å². The van der Waals surface area contributed by atoms with Gasteiger partial charge in [0.05, 0.1) is 0 Å². The fraction of sp³-hybridized carbons (Fsp3) is 0.500. The van der Waals surface area contributed by atoms with Crippen LogP contribution in [0.3, 0.4) is 0 Å². The first-order chi connectivity index (χ1) is 9.08. The number of carboxylic acid groups (broad SMARTS) is 1. The minimum atomic E-state index is -1.22. The van der Waals surface area contributed by atoms with Gasteiger partial charge in [-0.1, -0.05) is 12.8 Å². The highest BCUT2D eigenvalue weighted by Crippen LogP contribution is 2.35. The SMILES string of the molecule is O=C(O)c1cc2n(n1)C(=O)C(C1CCCC1)C(=O)N2. The molecule has 1 aliphatic heterocycles. The Balaban J connectivity index is 1.97. The molecular weight excluding hydrogens is 250 g/mol. The predicted molar refractivity (Wildman–Crippen MR) is 63.9 cm³/mol. The summed E-state index contributed by atoms with van der Waals surface area (Å²) in [6.45, 7) is 0. The number of nitrogens with one attached hydrogen (secondary N) is 1. The van der Waals surface area contributed by atoms with Gasteiger partial charge in [-0.15, -0.1) is 0 Å². The molecule has 0 spiro atoms. The summed E-state index contributed by atoms with van der Waals surface area (Å²) in [5, 5.41) is 15.2. The van der Waals surface area contributed by atoms with E-state index in [0.29, 0.717) is 0 Å². The lowest BCUT2D eigenvalue weighted by atomic mass is 9.88. The van der Waals surface area contributed by atoms with E-state index in [1.54, 1.807) is 0 Å². The van der Waals surface area contributed by atoms with Crippen LogP contribution in [-0.2, 0) is 4.79 Å². The van der Waals surface area contributed by atoms with Crippen LogP contribution >= 0.6 is 0 Å². The van der Waals surface area contributed by atoms with Crippen LogP contribution in [0.15, 0.2) is 6.07 Å². The topological polar surface area (TPSA) is 101 Å². The van der Waals surface area contributed by atoms with Crippen molar-refractivity contribution in [3.63, 3.8) is 0 Å². The minimum Gasteiger partial charge on any atom is -0.476 e. The number of anilines is 1. The van der Waals surface area contributed by atoms with E-state index in [-0.39, 0.29) is 23.3 Å². The Morgan fingerprint density at radius 3 is 2.68 bits per heavy atom. The summed E-state index contributed by atoms with van der Waals surface area (Å²) in [4.78, 5) is 35.2. The first kappa shape index (κ1) is 11.9. The molecule has 2 heterocycles. The van der Waals surface area contributed by atoms with Gasteiger partial charge in [0, 0.05) is 6.07 Å². The summed E-state index contributed by atoms with van der Waals surface area (Å²) in [7, 11) is 0. The summed E-state index contributed by atoms with van der Waals surface area (Å²) in [5.74, 6) is -2.54. The van der Waals surface area contributed by atoms with Crippen LogP contribution in [0, 0.1) is 11.8 Å². The Bertz CT molecular complexity index is 572. The third-order valence-electron chi connectivity index (χ3n) is 3.81. The number of carbonyl (C=O) groups is 3. The molecule has 0 bridgehead atoms. The molecule has 1 atom stereocenters. The predicted octanol–water partition coefficient (Wildman–Crippen LogP) is 0.980. The molecule has 19 heavy (non-hydrogen) atoms. The lowest BCUT2D eigenvalue weighted by molar-refractivity contribution is -0.120. The van der Waals surface area contributed by atoms with E-state index in [1.807, 2.05) is 0 Å². The van der Waals surface area contributed by atoms with Gasteiger partial charge >= 0.3 is 5.97 Å². The largest absolute Gasteiger partial charge is 0.476 e. The zero-order valence-corrected chi connectivity index (χ0v) is 10.1. The molecule has 0 aromatic carbocycles. The molecule has 1 saturated carbocycles. The highest BCUT2D eigenvalue weighted by atomic mass is 16.4. The maximum Gasteiger partial charge on any atom is 0.356 e. The van der Waals surface area contributed by atoms with Crippen molar-refractivity contribution in [3.8, 4) is 0 Å². The maximum atomic E-state index is 12.3. The van der Waals surface area contributed by atoms with E-state index in [1.165, 1.54) is 6.07 Å². The van der Waals surface area contributed by atoms with Crippen LogP contribution in [0.5, 0.6) is 0 Å². The zero-order chi connectivity index (χ0) is 13.6. The van der Waals surface area contributed by atoms with Crippen molar-refractivity contribution in [2.45, 2.75) is 25.7 Å². The van der Waals surface area contributed by atoms with Crippen LogP contribution in [0.1, 0.15) is 41.0 Å². The molecule has 2 N–H and O–H groups in total. The molecule has 7 heteroatoms.